The summed E-state index contributed by atoms with van der Waals surface area (Å²) >= 11 is 3.27. The van der Waals surface area contributed by atoms with Gasteiger partial charge >= 0.3 is 5.97 Å². The molecule has 0 bridgehead atoms. The van der Waals surface area contributed by atoms with Crippen molar-refractivity contribution >= 4 is 39.3 Å². The van der Waals surface area contributed by atoms with Gasteiger partial charge in [-0.3, -0.25) is 4.90 Å². The van der Waals surface area contributed by atoms with Crippen LogP contribution in [-0.4, -0.2) is 52.8 Å². The number of rotatable bonds is 10. The first-order chi connectivity index (χ1) is 21.0. The highest BCUT2D eigenvalue weighted by Crippen LogP contribution is 2.45. The second kappa shape index (κ2) is 12.8. The summed E-state index contributed by atoms with van der Waals surface area (Å²) in [5.41, 5.74) is 5.37. The maximum atomic E-state index is 13.8. The second-order valence-electron chi connectivity index (χ2n) is 10.4. The zero-order valence-corrected chi connectivity index (χ0v) is 26.4. The van der Waals surface area contributed by atoms with Gasteiger partial charge in [0.2, 0.25) is 0 Å². The van der Waals surface area contributed by atoms with Crippen molar-refractivity contribution in [1.29, 1.82) is 0 Å². The average Bonchev–Trinajstić information content (AvgIpc) is 3.61. The SMILES string of the molecule is CCOC(=O)c1c(CSc2nccn2C)nc2sc3c(c2c1-c1cc(OC)cc(OC)c1)CCN(Cc1ccccc1)C3. The molecule has 3 aromatic heterocycles. The van der Waals surface area contributed by atoms with Crippen molar-refractivity contribution in [2.24, 2.45) is 7.05 Å². The van der Waals surface area contributed by atoms with E-state index in [1.54, 1.807) is 43.5 Å². The Hall–Kier alpha value is -3.86. The molecular weight excluding hydrogens is 581 g/mol. The number of esters is 1. The van der Waals surface area contributed by atoms with Gasteiger partial charge in [0.1, 0.15) is 16.3 Å². The van der Waals surface area contributed by atoms with Gasteiger partial charge in [0.05, 0.1) is 32.1 Å². The molecule has 222 valence electrons. The van der Waals surface area contributed by atoms with Crippen LogP contribution in [0.25, 0.3) is 21.3 Å². The quantitative estimate of drug-likeness (QED) is 0.126. The lowest BCUT2D eigenvalue weighted by Crippen LogP contribution is -2.29. The Morgan fingerprint density at radius 3 is 2.53 bits per heavy atom. The van der Waals surface area contributed by atoms with E-state index in [9.17, 15) is 4.79 Å². The number of thioether (sulfide) groups is 1. The smallest absolute Gasteiger partial charge is 0.340 e. The minimum absolute atomic E-state index is 0.264. The van der Waals surface area contributed by atoms with Gasteiger partial charge in [0.15, 0.2) is 5.16 Å². The number of fused-ring (bicyclic) bond motifs is 3. The molecule has 6 rings (SSSR count). The zero-order chi connectivity index (χ0) is 29.9. The van der Waals surface area contributed by atoms with Crippen LogP contribution in [0, 0.1) is 0 Å². The fourth-order valence-electron chi connectivity index (χ4n) is 5.59. The number of carbonyl (C=O) groups excluding carboxylic acids is 1. The molecule has 0 spiro atoms. The topological polar surface area (TPSA) is 78.7 Å². The number of aromatic nitrogens is 3. The first-order valence-electron chi connectivity index (χ1n) is 14.2. The van der Waals surface area contributed by atoms with Crippen LogP contribution in [0.3, 0.4) is 0 Å². The van der Waals surface area contributed by atoms with Gasteiger partial charge in [-0.05, 0) is 42.2 Å². The Kier molecular flexibility index (Phi) is 8.69. The van der Waals surface area contributed by atoms with E-state index in [1.807, 2.05) is 42.9 Å². The Balaban J connectivity index is 1.54. The number of ether oxygens (including phenoxy) is 3. The van der Waals surface area contributed by atoms with Crippen LogP contribution in [-0.2, 0) is 37.0 Å². The van der Waals surface area contributed by atoms with E-state index in [-0.39, 0.29) is 12.6 Å². The highest BCUT2D eigenvalue weighted by atomic mass is 32.2. The van der Waals surface area contributed by atoms with E-state index in [2.05, 4.69) is 40.2 Å². The Morgan fingerprint density at radius 1 is 1.09 bits per heavy atom. The molecule has 0 N–H and O–H groups in total. The predicted octanol–water partition coefficient (Wildman–Crippen LogP) is 6.74. The number of hydrogen-bond acceptors (Lipinski definition) is 9. The molecule has 0 saturated carbocycles. The van der Waals surface area contributed by atoms with Crippen LogP contribution < -0.4 is 9.47 Å². The molecule has 10 heteroatoms. The maximum Gasteiger partial charge on any atom is 0.340 e. The van der Waals surface area contributed by atoms with Gasteiger partial charge in [0, 0.05) is 66.7 Å². The molecule has 1 aliphatic rings. The van der Waals surface area contributed by atoms with Gasteiger partial charge in [-0.2, -0.15) is 0 Å². The van der Waals surface area contributed by atoms with Gasteiger partial charge in [-0.25, -0.2) is 14.8 Å². The fourth-order valence-corrected chi connectivity index (χ4v) is 7.76. The third-order valence-corrected chi connectivity index (χ3v) is 9.81. The van der Waals surface area contributed by atoms with Crippen LogP contribution in [0.5, 0.6) is 11.5 Å². The number of hydrogen-bond donors (Lipinski definition) is 0. The van der Waals surface area contributed by atoms with E-state index in [0.717, 1.165) is 52.6 Å². The number of aryl methyl sites for hydroxylation is 1. The lowest BCUT2D eigenvalue weighted by molar-refractivity contribution is 0.0526. The summed E-state index contributed by atoms with van der Waals surface area (Å²) in [4.78, 5) is 28.2. The Morgan fingerprint density at radius 2 is 1.86 bits per heavy atom. The molecule has 0 fully saturated rings. The molecular formula is C33H34N4O4S2. The highest BCUT2D eigenvalue weighted by molar-refractivity contribution is 7.98. The van der Waals surface area contributed by atoms with Gasteiger partial charge < -0.3 is 18.8 Å². The van der Waals surface area contributed by atoms with Crippen molar-refractivity contribution in [2.75, 3.05) is 27.4 Å². The molecule has 2 aromatic carbocycles. The van der Waals surface area contributed by atoms with Crippen LogP contribution in [0.1, 0.15) is 39.0 Å². The number of thiophene rings is 1. The van der Waals surface area contributed by atoms with E-state index in [1.165, 1.54) is 16.0 Å². The van der Waals surface area contributed by atoms with Gasteiger partial charge in [0.25, 0.3) is 0 Å². The zero-order valence-electron chi connectivity index (χ0n) is 24.8. The minimum Gasteiger partial charge on any atom is -0.497 e. The van der Waals surface area contributed by atoms with E-state index in [0.29, 0.717) is 28.5 Å². The van der Waals surface area contributed by atoms with Crippen molar-refractivity contribution in [3.8, 4) is 22.6 Å². The molecule has 0 atom stereocenters. The summed E-state index contributed by atoms with van der Waals surface area (Å²) in [6, 6.07) is 16.3. The molecule has 1 aliphatic heterocycles. The highest BCUT2D eigenvalue weighted by Gasteiger charge is 2.30. The number of pyridine rings is 1. The van der Waals surface area contributed by atoms with E-state index < -0.39 is 0 Å². The molecule has 4 heterocycles. The lowest BCUT2D eigenvalue weighted by Gasteiger charge is -2.27. The number of nitrogens with zero attached hydrogens (tertiary/aromatic N) is 4. The lowest BCUT2D eigenvalue weighted by atomic mass is 9.91. The van der Waals surface area contributed by atoms with Crippen molar-refractivity contribution in [3.63, 3.8) is 0 Å². The van der Waals surface area contributed by atoms with Crippen LogP contribution in [0.4, 0.5) is 0 Å². The second-order valence-corrected chi connectivity index (χ2v) is 12.4. The van der Waals surface area contributed by atoms with Crippen molar-refractivity contribution in [1.82, 2.24) is 19.4 Å². The van der Waals surface area contributed by atoms with E-state index >= 15 is 0 Å². The predicted molar refractivity (Wildman–Crippen MR) is 171 cm³/mol. The maximum absolute atomic E-state index is 13.8. The summed E-state index contributed by atoms with van der Waals surface area (Å²) in [6.07, 6.45) is 4.54. The Bertz CT molecular complexity index is 1740. The molecule has 0 amide bonds. The third kappa shape index (κ3) is 6.00. The third-order valence-electron chi connectivity index (χ3n) is 7.63. The van der Waals surface area contributed by atoms with Crippen molar-refractivity contribution < 1.29 is 19.0 Å². The molecule has 0 aliphatic carbocycles. The molecule has 43 heavy (non-hydrogen) atoms. The summed E-state index contributed by atoms with van der Waals surface area (Å²) in [7, 11) is 5.23. The fraction of sp³-hybridized carbons (Fsp3) is 0.303. The molecule has 0 saturated heterocycles. The molecule has 8 nitrogen and oxygen atoms in total. The van der Waals surface area contributed by atoms with Gasteiger partial charge in [-0.15, -0.1) is 11.3 Å². The van der Waals surface area contributed by atoms with Crippen LogP contribution >= 0.6 is 23.1 Å². The normalized spacial score (nSPS) is 13.2. The van der Waals surface area contributed by atoms with Crippen LogP contribution in [0.15, 0.2) is 66.1 Å². The minimum atomic E-state index is -0.384. The standard InChI is InChI=1S/C33H34N4O4S2/c1-5-41-32(38)30-26(20-42-33-34-12-14-36(33)2)35-31-29(28(30)22-15-23(39-3)17-24(16-22)40-4)25-11-13-37(19-27(25)43-31)18-21-9-7-6-8-10-21/h6-10,12,14-17H,5,11,13,18-20H2,1-4H3. The number of benzene rings is 2. The summed E-state index contributed by atoms with van der Waals surface area (Å²) < 4.78 is 19.0. The van der Waals surface area contributed by atoms with Crippen molar-refractivity contribution in [2.45, 2.75) is 37.3 Å². The summed E-state index contributed by atoms with van der Waals surface area (Å²) in [6.45, 7) is 4.73. The molecule has 5 aromatic rings. The molecule has 0 radical (unpaired) electrons. The largest absolute Gasteiger partial charge is 0.497 e. The van der Waals surface area contributed by atoms with Crippen molar-refractivity contribution in [3.05, 3.63) is 88.2 Å². The Labute approximate surface area is 259 Å². The average molecular weight is 615 g/mol. The summed E-state index contributed by atoms with van der Waals surface area (Å²) in [5, 5.41) is 1.87. The first-order valence-corrected chi connectivity index (χ1v) is 16.0. The van der Waals surface area contributed by atoms with Crippen LogP contribution in [0.2, 0.25) is 0 Å². The summed E-state index contributed by atoms with van der Waals surface area (Å²) in [5.74, 6) is 1.38. The van der Waals surface area contributed by atoms with Gasteiger partial charge in [-0.1, -0.05) is 42.1 Å². The first kappa shape index (κ1) is 29.2. The monoisotopic (exact) mass is 614 g/mol. The number of imidazole rings is 1. The number of carbonyl (C=O) groups is 1. The number of methoxy groups -OCH3 is 2. The molecule has 0 unspecified atom stereocenters. The van der Waals surface area contributed by atoms with E-state index in [4.69, 9.17) is 19.2 Å².